The molecule has 0 heterocycles. The summed E-state index contributed by atoms with van der Waals surface area (Å²) in [5.74, 6) is 0.609. The highest BCUT2D eigenvalue weighted by molar-refractivity contribution is 7.89. The molecule has 0 aliphatic rings. The summed E-state index contributed by atoms with van der Waals surface area (Å²) in [5, 5.41) is 0. The van der Waals surface area contributed by atoms with Crippen LogP contribution in [0.1, 0.15) is 0 Å². The summed E-state index contributed by atoms with van der Waals surface area (Å²) in [5.41, 5.74) is 0. The first-order valence-corrected chi connectivity index (χ1v) is 6.39. The van der Waals surface area contributed by atoms with Crippen molar-refractivity contribution in [1.82, 2.24) is 4.31 Å². The predicted octanol–water partition coefficient (Wildman–Crippen LogP) is 2.02. The van der Waals surface area contributed by atoms with Crippen molar-refractivity contribution >= 4 is 10.0 Å². The molecule has 92 valence electrons. The van der Waals surface area contributed by atoms with E-state index >= 15 is 0 Å². The van der Waals surface area contributed by atoms with E-state index in [1.54, 1.807) is 12.1 Å². The number of hydrogen-bond acceptors (Lipinski definition) is 3. The molecule has 0 bridgehead atoms. The Morgan fingerprint density at radius 1 is 1.29 bits per heavy atom. The third kappa shape index (κ3) is 2.88. The van der Waals surface area contributed by atoms with Crippen LogP contribution in [0.25, 0.3) is 0 Å². The SMILES string of the molecule is C=CCN(C=C)S(=O)(=O)c1ccc(OC)cc1. The molecule has 0 saturated carbocycles. The summed E-state index contributed by atoms with van der Waals surface area (Å²) < 4.78 is 30.3. The fourth-order valence-corrected chi connectivity index (χ4v) is 2.53. The average Bonchev–Trinajstić information content (AvgIpc) is 2.35. The first-order chi connectivity index (χ1) is 8.06. The quantitative estimate of drug-likeness (QED) is 0.729. The van der Waals surface area contributed by atoms with Gasteiger partial charge in [0.1, 0.15) is 5.75 Å². The van der Waals surface area contributed by atoms with Crippen LogP contribution in [0.5, 0.6) is 5.75 Å². The smallest absolute Gasteiger partial charge is 0.264 e. The monoisotopic (exact) mass is 253 g/mol. The third-order valence-electron chi connectivity index (χ3n) is 2.18. The maximum absolute atomic E-state index is 12.1. The number of nitrogens with zero attached hydrogens (tertiary/aromatic N) is 1. The molecule has 0 atom stereocenters. The van der Waals surface area contributed by atoms with E-state index in [9.17, 15) is 8.42 Å². The predicted molar refractivity (Wildman–Crippen MR) is 67.3 cm³/mol. The van der Waals surface area contributed by atoms with Crippen molar-refractivity contribution in [2.45, 2.75) is 4.90 Å². The van der Waals surface area contributed by atoms with Gasteiger partial charge < -0.3 is 4.74 Å². The van der Waals surface area contributed by atoms with E-state index in [1.807, 2.05) is 0 Å². The highest BCUT2D eigenvalue weighted by atomic mass is 32.2. The molecule has 1 aromatic rings. The molecule has 0 aromatic heterocycles. The Morgan fingerprint density at radius 3 is 2.29 bits per heavy atom. The second-order valence-corrected chi connectivity index (χ2v) is 5.11. The van der Waals surface area contributed by atoms with Gasteiger partial charge in [0, 0.05) is 6.20 Å². The summed E-state index contributed by atoms with van der Waals surface area (Å²) in [6.45, 7) is 7.18. The Hall–Kier alpha value is -1.75. The Morgan fingerprint density at radius 2 is 1.88 bits per heavy atom. The molecule has 0 aliphatic heterocycles. The van der Waals surface area contributed by atoms with Crippen molar-refractivity contribution < 1.29 is 13.2 Å². The van der Waals surface area contributed by atoms with E-state index in [2.05, 4.69) is 13.2 Å². The lowest BCUT2D eigenvalue weighted by molar-refractivity contribution is 0.414. The lowest BCUT2D eigenvalue weighted by atomic mass is 10.3. The van der Waals surface area contributed by atoms with Gasteiger partial charge in [0.25, 0.3) is 10.0 Å². The van der Waals surface area contributed by atoms with Crippen molar-refractivity contribution in [3.05, 3.63) is 49.7 Å². The molecular weight excluding hydrogens is 238 g/mol. The molecule has 0 fully saturated rings. The second-order valence-electron chi connectivity index (χ2n) is 3.22. The summed E-state index contributed by atoms with van der Waals surface area (Å²) in [4.78, 5) is 0.194. The highest BCUT2D eigenvalue weighted by Crippen LogP contribution is 2.19. The van der Waals surface area contributed by atoms with Gasteiger partial charge in [-0.05, 0) is 24.3 Å². The van der Waals surface area contributed by atoms with E-state index in [4.69, 9.17) is 4.74 Å². The van der Waals surface area contributed by atoms with Crippen LogP contribution in [-0.4, -0.2) is 26.4 Å². The lowest BCUT2D eigenvalue weighted by Crippen LogP contribution is -2.25. The average molecular weight is 253 g/mol. The van der Waals surface area contributed by atoms with Crippen LogP contribution in [0.3, 0.4) is 0 Å². The van der Waals surface area contributed by atoms with Gasteiger partial charge in [-0.3, -0.25) is 4.31 Å². The summed E-state index contributed by atoms with van der Waals surface area (Å²) in [6, 6.07) is 6.19. The minimum Gasteiger partial charge on any atom is -0.497 e. The van der Waals surface area contributed by atoms with Crippen LogP contribution in [0.2, 0.25) is 0 Å². The first-order valence-electron chi connectivity index (χ1n) is 4.95. The Balaban J connectivity index is 3.10. The second kappa shape index (κ2) is 5.54. The summed E-state index contributed by atoms with van der Waals surface area (Å²) in [6.07, 6.45) is 2.77. The van der Waals surface area contributed by atoms with Crippen LogP contribution >= 0.6 is 0 Å². The molecule has 5 heteroatoms. The molecule has 4 nitrogen and oxygen atoms in total. The Kier molecular flexibility index (Phi) is 4.34. The fourth-order valence-electron chi connectivity index (χ4n) is 1.28. The van der Waals surface area contributed by atoms with Crippen molar-refractivity contribution in [2.24, 2.45) is 0 Å². The standard InChI is InChI=1S/C12H15NO3S/c1-4-10-13(5-2)17(14,15)12-8-6-11(16-3)7-9-12/h4-9H,1-2,10H2,3H3. The van der Waals surface area contributed by atoms with Crippen molar-refractivity contribution in [3.8, 4) is 5.75 Å². The number of methoxy groups -OCH3 is 1. The Bertz CT molecular complexity index is 491. The number of benzene rings is 1. The maximum Gasteiger partial charge on any atom is 0.264 e. The molecule has 0 amide bonds. The fraction of sp³-hybridized carbons (Fsp3) is 0.167. The number of rotatable bonds is 6. The third-order valence-corrected chi connectivity index (χ3v) is 3.96. The normalized spacial score (nSPS) is 10.6. The molecule has 0 radical (unpaired) electrons. The zero-order chi connectivity index (χ0) is 12.9. The topological polar surface area (TPSA) is 46.6 Å². The van der Waals surface area contributed by atoms with Crippen molar-refractivity contribution in [1.29, 1.82) is 0 Å². The zero-order valence-corrected chi connectivity index (χ0v) is 10.5. The van der Waals surface area contributed by atoms with Gasteiger partial charge in [-0.1, -0.05) is 12.7 Å². The minimum absolute atomic E-state index is 0.192. The minimum atomic E-state index is -3.55. The van der Waals surface area contributed by atoms with E-state index in [-0.39, 0.29) is 11.4 Å². The van der Waals surface area contributed by atoms with E-state index in [0.717, 1.165) is 4.31 Å². The molecule has 17 heavy (non-hydrogen) atoms. The van der Waals surface area contributed by atoms with E-state index in [0.29, 0.717) is 5.75 Å². The van der Waals surface area contributed by atoms with E-state index in [1.165, 1.54) is 31.5 Å². The molecule has 0 aliphatic carbocycles. The van der Waals surface area contributed by atoms with Gasteiger partial charge >= 0.3 is 0 Å². The van der Waals surface area contributed by atoms with Gasteiger partial charge in [0.15, 0.2) is 0 Å². The van der Waals surface area contributed by atoms with Gasteiger partial charge in [-0.15, -0.1) is 6.58 Å². The largest absolute Gasteiger partial charge is 0.497 e. The van der Waals surface area contributed by atoms with Crippen LogP contribution in [0.15, 0.2) is 54.6 Å². The van der Waals surface area contributed by atoms with Gasteiger partial charge in [0.05, 0.1) is 18.6 Å². The van der Waals surface area contributed by atoms with Gasteiger partial charge in [-0.2, -0.15) is 0 Å². The molecular formula is C12H15NO3S. The van der Waals surface area contributed by atoms with E-state index < -0.39 is 10.0 Å². The highest BCUT2D eigenvalue weighted by Gasteiger charge is 2.19. The van der Waals surface area contributed by atoms with Crippen molar-refractivity contribution in [3.63, 3.8) is 0 Å². The molecule has 0 saturated heterocycles. The number of sulfonamides is 1. The maximum atomic E-state index is 12.1. The number of ether oxygens (including phenoxy) is 1. The lowest BCUT2D eigenvalue weighted by Gasteiger charge is -2.18. The van der Waals surface area contributed by atoms with Crippen LogP contribution in [0, 0.1) is 0 Å². The van der Waals surface area contributed by atoms with Crippen LogP contribution in [0.4, 0.5) is 0 Å². The molecule has 0 N–H and O–H groups in total. The zero-order valence-electron chi connectivity index (χ0n) is 9.67. The molecule has 0 unspecified atom stereocenters. The molecule has 1 aromatic carbocycles. The van der Waals surface area contributed by atoms with Crippen molar-refractivity contribution in [2.75, 3.05) is 13.7 Å². The molecule has 0 spiro atoms. The summed E-state index contributed by atoms with van der Waals surface area (Å²) >= 11 is 0. The van der Waals surface area contributed by atoms with Gasteiger partial charge in [-0.25, -0.2) is 8.42 Å². The summed E-state index contributed by atoms with van der Waals surface area (Å²) in [7, 11) is -2.02. The van der Waals surface area contributed by atoms with Crippen LogP contribution in [-0.2, 0) is 10.0 Å². The number of hydrogen-bond donors (Lipinski definition) is 0. The first kappa shape index (κ1) is 13.3. The Labute approximate surface area is 102 Å². The van der Waals surface area contributed by atoms with Crippen LogP contribution < -0.4 is 4.74 Å². The molecule has 1 rings (SSSR count). The van der Waals surface area contributed by atoms with Gasteiger partial charge in [0.2, 0.25) is 0 Å².